The standard InChI is InChI=1S/C19H19ClN4OS/c1-13(18(25)21-17-10-6-9-16(20)11-17)26-19-23-22-14(2)24(19)12-15-7-4-3-5-8-15/h3-11,13H,12H2,1-2H3,(H,21,25). The molecule has 1 aromatic heterocycles. The smallest absolute Gasteiger partial charge is 0.237 e. The van der Waals surface area contributed by atoms with Crippen LogP contribution in [-0.2, 0) is 11.3 Å². The van der Waals surface area contributed by atoms with Crippen molar-refractivity contribution < 1.29 is 4.79 Å². The zero-order valence-electron chi connectivity index (χ0n) is 14.5. The molecule has 0 aliphatic carbocycles. The molecule has 0 saturated carbocycles. The SMILES string of the molecule is Cc1nnc(SC(C)C(=O)Nc2cccc(Cl)c2)n1Cc1ccccc1. The minimum atomic E-state index is -0.327. The maximum absolute atomic E-state index is 12.5. The summed E-state index contributed by atoms with van der Waals surface area (Å²) in [5.74, 6) is 0.711. The van der Waals surface area contributed by atoms with E-state index in [9.17, 15) is 4.79 Å². The maximum Gasteiger partial charge on any atom is 0.237 e. The third-order valence-corrected chi connectivity index (χ3v) is 5.14. The Bertz CT molecular complexity index is 898. The summed E-state index contributed by atoms with van der Waals surface area (Å²) in [6.45, 7) is 4.43. The van der Waals surface area contributed by atoms with E-state index in [0.29, 0.717) is 17.3 Å². The van der Waals surface area contributed by atoms with Crippen LogP contribution >= 0.6 is 23.4 Å². The lowest BCUT2D eigenvalue weighted by molar-refractivity contribution is -0.115. The Kier molecular flexibility index (Phi) is 5.96. The molecule has 0 fully saturated rings. The number of halogens is 1. The summed E-state index contributed by atoms with van der Waals surface area (Å²) < 4.78 is 2.02. The van der Waals surface area contributed by atoms with E-state index in [4.69, 9.17) is 11.6 Å². The molecule has 3 aromatic rings. The number of aryl methyl sites for hydroxylation is 1. The molecule has 1 heterocycles. The largest absolute Gasteiger partial charge is 0.325 e. The first-order chi connectivity index (χ1) is 12.5. The zero-order chi connectivity index (χ0) is 18.5. The molecule has 0 spiro atoms. The quantitative estimate of drug-likeness (QED) is 0.637. The molecule has 0 saturated heterocycles. The number of carbonyl (C=O) groups is 1. The van der Waals surface area contributed by atoms with Crippen LogP contribution in [0.15, 0.2) is 59.8 Å². The van der Waals surface area contributed by atoms with Crippen LogP contribution in [0.5, 0.6) is 0 Å². The molecule has 1 N–H and O–H groups in total. The van der Waals surface area contributed by atoms with E-state index in [2.05, 4.69) is 27.6 Å². The fraction of sp³-hybridized carbons (Fsp3) is 0.211. The molecule has 0 radical (unpaired) electrons. The number of aromatic nitrogens is 3. The number of benzene rings is 2. The topological polar surface area (TPSA) is 59.8 Å². The van der Waals surface area contributed by atoms with Crippen LogP contribution < -0.4 is 5.32 Å². The number of amides is 1. The van der Waals surface area contributed by atoms with Crippen molar-refractivity contribution in [3.63, 3.8) is 0 Å². The highest BCUT2D eigenvalue weighted by atomic mass is 35.5. The maximum atomic E-state index is 12.5. The average molecular weight is 387 g/mol. The van der Waals surface area contributed by atoms with Crippen LogP contribution in [0.2, 0.25) is 5.02 Å². The molecular weight excluding hydrogens is 368 g/mol. The molecule has 3 rings (SSSR count). The van der Waals surface area contributed by atoms with Gasteiger partial charge in [0.25, 0.3) is 0 Å². The van der Waals surface area contributed by atoms with Gasteiger partial charge in [0.1, 0.15) is 5.82 Å². The Balaban J connectivity index is 1.69. The van der Waals surface area contributed by atoms with Crippen LogP contribution in [0.4, 0.5) is 5.69 Å². The van der Waals surface area contributed by atoms with Crippen molar-refractivity contribution in [3.8, 4) is 0 Å². The molecule has 7 heteroatoms. The average Bonchev–Trinajstić information content (AvgIpc) is 2.96. The molecule has 1 atom stereocenters. The molecular formula is C19H19ClN4OS. The molecule has 0 aliphatic rings. The van der Waals surface area contributed by atoms with Gasteiger partial charge < -0.3 is 9.88 Å². The zero-order valence-corrected chi connectivity index (χ0v) is 16.1. The molecule has 0 aliphatic heterocycles. The Hall–Kier alpha value is -2.31. The highest BCUT2D eigenvalue weighted by Crippen LogP contribution is 2.24. The van der Waals surface area contributed by atoms with Crippen molar-refractivity contribution in [1.82, 2.24) is 14.8 Å². The minimum Gasteiger partial charge on any atom is -0.325 e. The van der Waals surface area contributed by atoms with E-state index >= 15 is 0 Å². The summed E-state index contributed by atoms with van der Waals surface area (Å²) in [4.78, 5) is 12.5. The predicted molar refractivity (Wildman–Crippen MR) is 106 cm³/mol. The van der Waals surface area contributed by atoms with Crippen molar-refractivity contribution in [1.29, 1.82) is 0 Å². The Morgan fingerprint density at radius 1 is 1.19 bits per heavy atom. The van der Waals surface area contributed by atoms with E-state index in [1.54, 1.807) is 18.2 Å². The lowest BCUT2D eigenvalue weighted by atomic mass is 10.2. The van der Waals surface area contributed by atoms with Gasteiger partial charge in [-0.1, -0.05) is 59.8 Å². The number of hydrogen-bond donors (Lipinski definition) is 1. The summed E-state index contributed by atoms with van der Waals surface area (Å²) in [7, 11) is 0. The third-order valence-electron chi connectivity index (χ3n) is 3.83. The van der Waals surface area contributed by atoms with Crippen LogP contribution in [-0.4, -0.2) is 25.9 Å². The number of nitrogens with zero attached hydrogens (tertiary/aromatic N) is 3. The van der Waals surface area contributed by atoms with Crippen LogP contribution in [0.1, 0.15) is 18.3 Å². The van der Waals surface area contributed by atoms with Crippen LogP contribution in [0.25, 0.3) is 0 Å². The Morgan fingerprint density at radius 2 is 1.96 bits per heavy atom. The van der Waals surface area contributed by atoms with Crippen molar-refractivity contribution in [3.05, 3.63) is 71.0 Å². The Labute approximate surface area is 161 Å². The lowest BCUT2D eigenvalue weighted by Gasteiger charge is -2.13. The molecule has 5 nitrogen and oxygen atoms in total. The van der Waals surface area contributed by atoms with Gasteiger partial charge in [0.15, 0.2) is 5.16 Å². The van der Waals surface area contributed by atoms with E-state index in [0.717, 1.165) is 16.5 Å². The van der Waals surface area contributed by atoms with Gasteiger partial charge in [0, 0.05) is 10.7 Å². The number of hydrogen-bond acceptors (Lipinski definition) is 4. The number of anilines is 1. The second-order valence-electron chi connectivity index (χ2n) is 5.86. The van der Waals surface area contributed by atoms with Crippen molar-refractivity contribution >= 4 is 35.0 Å². The highest BCUT2D eigenvalue weighted by Gasteiger charge is 2.19. The lowest BCUT2D eigenvalue weighted by Crippen LogP contribution is -2.23. The normalized spacial score (nSPS) is 12.0. The molecule has 134 valence electrons. The van der Waals surface area contributed by atoms with Gasteiger partial charge in [-0.3, -0.25) is 4.79 Å². The van der Waals surface area contributed by atoms with Crippen LogP contribution in [0.3, 0.4) is 0 Å². The van der Waals surface area contributed by atoms with Gasteiger partial charge >= 0.3 is 0 Å². The van der Waals surface area contributed by atoms with E-state index in [1.165, 1.54) is 11.8 Å². The van der Waals surface area contributed by atoms with Gasteiger partial charge in [-0.15, -0.1) is 10.2 Å². The van der Waals surface area contributed by atoms with E-state index < -0.39 is 0 Å². The molecule has 2 aromatic carbocycles. The first-order valence-corrected chi connectivity index (χ1v) is 9.45. The first-order valence-electron chi connectivity index (χ1n) is 8.20. The number of rotatable bonds is 6. The minimum absolute atomic E-state index is 0.107. The van der Waals surface area contributed by atoms with Gasteiger partial charge in [0.05, 0.1) is 11.8 Å². The summed E-state index contributed by atoms with van der Waals surface area (Å²) in [5.41, 5.74) is 1.84. The van der Waals surface area contributed by atoms with Crippen molar-refractivity contribution in [2.24, 2.45) is 0 Å². The fourth-order valence-electron chi connectivity index (χ4n) is 2.42. The summed E-state index contributed by atoms with van der Waals surface area (Å²) in [6, 6.07) is 17.2. The summed E-state index contributed by atoms with van der Waals surface area (Å²) >= 11 is 7.35. The first kappa shape index (κ1) is 18.5. The number of carbonyl (C=O) groups excluding carboxylic acids is 1. The monoisotopic (exact) mass is 386 g/mol. The van der Waals surface area contributed by atoms with Gasteiger partial charge in [-0.05, 0) is 37.6 Å². The van der Waals surface area contributed by atoms with Crippen LogP contribution in [0, 0.1) is 6.92 Å². The predicted octanol–water partition coefficient (Wildman–Crippen LogP) is 4.41. The number of thioether (sulfide) groups is 1. The summed E-state index contributed by atoms with van der Waals surface area (Å²) in [6.07, 6.45) is 0. The molecule has 1 amide bonds. The van der Waals surface area contributed by atoms with Gasteiger partial charge in [-0.25, -0.2) is 0 Å². The Morgan fingerprint density at radius 3 is 2.69 bits per heavy atom. The fourth-order valence-corrected chi connectivity index (χ4v) is 3.50. The molecule has 0 bridgehead atoms. The third kappa shape index (κ3) is 4.65. The second-order valence-corrected chi connectivity index (χ2v) is 7.61. The highest BCUT2D eigenvalue weighted by molar-refractivity contribution is 8.00. The van der Waals surface area contributed by atoms with Gasteiger partial charge in [-0.2, -0.15) is 0 Å². The van der Waals surface area contributed by atoms with E-state index in [1.807, 2.05) is 42.7 Å². The van der Waals surface area contributed by atoms with Crippen molar-refractivity contribution in [2.45, 2.75) is 30.8 Å². The molecule has 26 heavy (non-hydrogen) atoms. The second kappa shape index (κ2) is 8.38. The number of nitrogens with one attached hydrogen (secondary N) is 1. The van der Waals surface area contributed by atoms with Gasteiger partial charge in [0.2, 0.25) is 5.91 Å². The molecule has 1 unspecified atom stereocenters. The van der Waals surface area contributed by atoms with E-state index in [-0.39, 0.29) is 11.2 Å². The van der Waals surface area contributed by atoms with Crippen molar-refractivity contribution in [2.75, 3.05) is 5.32 Å². The summed E-state index contributed by atoms with van der Waals surface area (Å²) in [5, 5.41) is 12.3.